The number of aromatic nitrogens is 3. The van der Waals surface area contributed by atoms with Crippen LogP contribution in [-0.2, 0) is 11.2 Å². The number of thioether (sulfide) groups is 1. The number of para-hydroxylation sites is 1. The van der Waals surface area contributed by atoms with E-state index in [9.17, 15) is 22.8 Å². The van der Waals surface area contributed by atoms with E-state index >= 15 is 0 Å². The van der Waals surface area contributed by atoms with Crippen molar-refractivity contribution in [1.29, 1.82) is 0 Å². The van der Waals surface area contributed by atoms with E-state index < -0.39 is 12.4 Å². The molecule has 0 bridgehead atoms. The molecule has 0 saturated carbocycles. The van der Waals surface area contributed by atoms with Gasteiger partial charge in [-0.1, -0.05) is 68.1 Å². The van der Waals surface area contributed by atoms with Crippen LogP contribution in [0, 0.1) is 0 Å². The first-order chi connectivity index (χ1) is 21.6. The van der Waals surface area contributed by atoms with Gasteiger partial charge in [-0.3, -0.25) is 9.69 Å². The molecule has 9 nitrogen and oxygen atoms in total. The van der Waals surface area contributed by atoms with Crippen molar-refractivity contribution in [2.45, 2.75) is 45.4 Å². The minimum atomic E-state index is -4.75. The summed E-state index contributed by atoms with van der Waals surface area (Å²) in [5.41, 5.74) is 4.24. The SMILES string of the molecule is CC(C)c1ccccc1N1C(=O)CSC1=NC(=O)NCCCCc1ccc(-c2ncn(-c3ccc(OC(F)(F)F)cc3)n2)cc1. The number of aryl methyl sites for hydroxylation is 1. The number of nitrogens with one attached hydrogen (secondary N) is 1. The van der Waals surface area contributed by atoms with Gasteiger partial charge < -0.3 is 10.1 Å². The number of hydrogen-bond donors (Lipinski definition) is 1. The normalized spacial score (nSPS) is 14.4. The Balaban J connectivity index is 1.09. The lowest BCUT2D eigenvalue weighted by Crippen LogP contribution is -2.32. The Morgan fingerprint density at radius 3 is 2.49 bits per heavy atom. The van der Waals surface area contributed by atoms with Gasteiger partial charge in [0.05, 0.1) is 17.1 Å². The molecule has 0 radical (unpaired) electrons. The highest BCUT2D eigenvalue weighted by atomic mass is 32.2. The molecule has 2 heterocycles. The number of halogens is 3. The molecule has 45 heavy (non-hydrogen) atoms. The number of unbranched alkanes of at least 4 members (excludes halogenated alkanes) is 1. The van der Waals surface area contributed by atoms with Crippen molar-refractivity contribution in [3.05, 3.63) is 90.3 Å². The Labute approximate surface area is 262 Å². The number of amidine groups is 1. The summed E-state index contributed by atoms with van der Waals surface area (Å²) in [4.78, 5) is 35.2. The third kappa shape index (κ3) is 8.29. The summed E-state index contributed by atoms with van der Waals surface area (Å²) in [5, 5.41) is 7.64. The van der Waals surface area contributed by atoms with Crippen LogP contribution in [0.1, 0.15) is 43.7 Å². The molecule has 1 saturated heterocycles. The molecule has 5 rings (SSSR count). The highest BCUT2D eigenvalue weighted by Gasteiger charge is 2.32. The zero-order valence-electron chi connectivity index (χ0n) is 24.6. The Morgan fingerprint density at radius 2 is 1.78 bits per heavy atom. The molecule has 234 valence electrons. The van der Waals surface area contributed by atoms with Crippen molar-refractivity contribution < 1.29 is 27.5 Å². The summed E-state index contributed by atoms with van der Waals surface area (Å²) >= 11 is 1.26. The van der Waals surface area contributed by atoms with Crippen LogP contribution in [0.2, 0.25) is 0 Å². The Bertz CT molecular complexity index is 1670. The fourth-order valence-electron chi connectivity index (χ4n) is 4.78. The lowest BCUT2D eigenvalue weighted by molar-refractivity contribution is -0.274. The Kier molecular flexibility index (Phi) is 9.87. The first-order valence-electron chi connectivity index (χ1n) is 14.4. The molecule has 1 aliphatic heterocycles. The molecular formula is C32H31F3N6O3S. The summed E-state index contributed by atoms with van der Waals surface area (Å²) in [6.45, 7) is 4.58. The van der Waals surface area contributed by atoms with E-state index in [4.69, 9.17) is 0 Å². The number of ether oxygens (including phenoxy) is 1. The molecule has 1 aromatic heterocycles. The van der Waals surface area contributed by atoms with Crippen LogP contribution >= 0.6 is 11.8 Å². The van der Waals surface area contributed by atoms with Crippen molar-refractivity contribution in [2.75, 3.05) is 17.2 Å². The largest absolute Gasteiger partial charge is 0.573 e. The Morgan fingerprint density at radius 1 is 1.04 bits per heavy atom. The third-order valence-corrected chi connectivity index (χ3v) is 7.89. The number of nitrogens with zero attached hydrogens (tertiary/aromatic N) is 5. The first-order valence-corrected chi connectivity index (χ1v) is 15.3. The fourth-order valence-corrected chi connectivity index (χ4v) is 5.64. The predicted octanol–water partition coefficient (Wildman–Crippen LogP) is 7.12. The second kappa shape index (κ2) is 14.0. The summed E-state index contributed by atoms with van der Waals surface area (Å²) in [5.74, 6) is 0.533. The summed E-state index contributed by atoms with van der Waals surface area (Å²) in [6.07, 6.45) is -0.848. The van der Waals surface area contributed by atoms with Gasteiger partial charge in [0.2, 0.25) is 5.91 Å². The van der Waals surface area contributed by atoms with E-state index in [-0.39, 0.29) is 23.3 Å². The van der Waals surface area contributed by atoms with E-state index in [0.29, 0.717) is 23.2 Å². The third-order valence-electron chi connectivity index (χ3n) is 6.97. The molecule has 3 amide bonds. The molecule has 4 aromatic rings. The zero-order chi connectivity index (χ0) is 32.0. The zero-order valence-corrected chi connectivity index (χ0v) is 25.4. The maximum atomic E-state index is 12.6. The Hall–Kier alpha value is -4.65. The summed E-state index contributed by atoms with van der Waals surface area (Å²) < 4.78 is 42.6. The van der Waals surface area contributed by atoms with Gasteiger partial charge in [-0.05, 0) is 66.6 Å². The van der Waals surface area contributed by atoms with Gasteiger partial charge in [0, 0.05) is 12.1 Å². The molecule has 1 fully saturated rings. The van der Waals surface area contributed by atoms with Crippen molar-refractivity contribution in [2.24, 2.45) is 4.99 Å². The van der Waals surface area contributed by atoms with Crippen LogP contribution in [0.4, 0.5) is 23.7 Å². The minimum absolute atomic E-state index is 0.0945. The molecule has 13 heteroatoms. The van der Waals surface area contributed by atoms with Crippen LogP contribution in [0.3, 0.4) is 0 Å². The fraction of sp³-hybridized carbons (Fsp3) is 0.281. The average molecular weight is 637 g/mol. The second-order valence-corrected chi connectivity index (χ2v) is 11.5. The van der Waals surface area contributed by atoms with E-state index in [1.165, 1.54) is 51.9 Å². The molecular weight excluding hydrogens is 605 g/mol. The van der Waals surface area contributed by atoms with E-state index in [1.807, 2.05) is 48.5 Å². The van der Waals surface area contributed by atoms with Gasteiger partial charge in [0.15, 0.2) is 11.0 Å². The van der Waals surface area contributed by atoms with Crippen LogP contribution in [0.25, 0.3) is 17.1 Å². The summed E-state index contributed by atoms with van der Waals surface area (Å²) in [6, 6.07) is 20.4. The number of aliphatic imine (C=N–C) groups is 1. The standard InChI is InChI=1S/C32H31F3N6O3S/c1-21(2)26-8-3-4-9-27(26)41-28(42)19-45-31(41)38-30(43)36-18-6-5-7-22-10-12-23(13-11-22)29-37-20-40(39-29)24-14-16-25(17-15-24)44-32(33,34)35/h3-4,8-17,20-21H,5-7,18-19H2,1-2H3,(H,36,43). The number of carbonyl (C=O) groups is 2. The topological polar surface area (TPSA) is 102 Å². The lowest BCUT2D eigenvalue weighted by Gasteiger charge is -2.21. The predicted molar refractivity (Wildman–Crippen MR) is 168 cm³/mol. The van der Waals surface area contributed by atoms with Crippen molar-refractivity contribution in [1.82, 2.24) is 20.1 Å². The van der Waals surface area contributed by atoms with Crippen molar-refractivity contribution in [3.8, 4) is 22.8 Å². The van der Waals surface area contributed by atoms with Crippen LogP contribution < -0.4 is 15.0 Å². The van der Waals surface area contributed by atoms with Crippen LogP contribution in [-0.4, -0.2) is 50.5 Å². The highest BCUT2D eigenvalue weighted by Crippen LogP contribution is 2.33. The van der Waals surface area contributed by atoms with Crippen molar-refractivity contribution in [3.63, 3.8) is 0 Å². The summed E-state index contributed by atoms with van der Waals surface area (Å²) in [7, 11) is 0. The van der Waals surface area contributed by atoms with E-state index in [2.05, 4.69) is 39.0 Å². The van der Waals surface area contributed by atoms with Gasteiger partial charge in [-0.25, -0.2) is 14.5 Å². The van der Waals surface area contributed by atoms with Gasteiger partial charge in [0.1, 0.15) is 12.1 Å². The van der Waals surface area contributed by atoms with Gasteiger partial charge in [-0.2, -0.15) is 4.99 Å². The highest BCUT2D eigenvalue weighted by molar-refractivity contribution is 8.15. The van der Waals surface area contributed by atoms with Gasteiger partial charge >= 0.3 is 12.4 Å². The van der Waals surface area contributed by atoms with Gasteiger partial charge in [-0.15, -0.1) is 18.3 Å². The van der Waals surface area contributed by atoms with Crippen LogP contribution in [0.15, 0.2) is 84.1 Å². The minimum Gasteiger partial charge on any atom is -0.406 e. The smallest absolute Gasteiger partial charge is 0.406 e. The van der Waals surface area contributed by atoms with Gasteiger partial charge in [0.25, 0.3) is 0 Å². The molecule has 0 atom stereocenters. The number of hydrogen-bond acceptors (Lipinski definition) is 6. The number of amides is 3. The number of urea groups is 1. The number of anilines is 1. The molecule has 1 N–H and O–H groups in total. The maximum absolute atomic E-state index is 12.6. The van der Waals surface area contributed by atoms with Crippen LogP contribution in [0.5, 0.6) is 5.75 Å². The first kappa shape index (κ1) is 31.8. The number of benzene rings is 3. The molecule has 0 unspecified atom stereocenters. The maximum Gasteiger partial charge on any atom is 0.573 e. The van der Waals surface area contributed by atoms with E-state index in [1.54, 1.807) is 0 Å². The second-order valence-electron chi connectivity index (χ2n) is 10.6. The number of rotatable bonds is 10. The monoisotopic (exact) mass is 636 g/mol. The molecule has 3 aromatic carbocycles. The molecule has 1 aliphatic rings. The quantitative estimate of drug-likeness (QED) is 0.186. The van der Waals surface area contributed by atoms with E-state index in [0.717, 1.165) is 41.6 Å². The lowest BCUT2D eigenvalue weighted by atomic mass is 10.0. The molecule has 0 spiro atoms. The van der Waals surface area contributed by atoms with Crippen molar-refractivity contribution >= 4 is 34.6 Å². The number of alkyl halides is 3. The number of carbonyl (C=O) groups excluding carboxylic acids is 2. The average Bonchev–Trinajstić information content (AvgIpc) is 3.64. The molecule has 0 aliphatic carbocycles.